The van der Waals surface area contributed by atoms with Crippen LogP contribution >= 0.6 is 0 Å². The SMILES string of the molecule is O=C(C(=O)C(F)(F)CF)C(F)(F)F.[NaH]. The molecule has 0 atom stereocenters. The van der Waals surface area contributed by atoms with E-state index in [1.165, 1.54) is 0 Å². The maximum atomic E-state index is 11.9. The molecule has 0 bridgehead atoms. The van der Waals surface area contributed by atoms with Crippen molar-refractivity contribution in [2.24, 2.45) is 0 Å². The van der Waals surface area contributed by atoms with E-state index in [-0.39, 0.29) is 29.6 Å². The van der Waals surface area contributed by atoms with Gasteiger partial charge in [-0.25, -0.2) is 4.39 Å². The van der Waals surface area contributed by atoms with Gasteiger partial charge in [0.15, 0.2) is 6.67 Å². The van der Waals surface area contributed by atoms with Crippen LogP contribution in [0.3, 0.4) is 0 Å². The summed E-state index contributed by atoms with van der Waals surface area (Å²) in [7, 11) is 0. The molecule has 0 rings (SSSR count). The van der Waals surface area contributed by atoms with Gasteiger partial charge in [-0.05, 0) is 0 Å². The van der Waals surface area contributed by atoms with Crippen LogP contribution in [-0.2, 0) is 9.59 Å². The van der Waals surface area contributed by atoms with Crippen molar-refractivity contribution in [2.45, 2.75) is 12.1 Å². The first-order valence-corrected chi connectivity index (χ1v) is 2.72. The predicted molar refractivity (Wildman–Crippen MR) is 34.1 cm³/mol. The molecule has 0 radical (unpaired) electrons. The number of carbonyl (C=O) groups is 2. The third kappa shape index (κ3) is 3.97. The van der Waals surface area contributed by atoms with Gasteiger partial charge < -0.3 is 0 Å². The summed E-state index contributed by atoms with van der Waals surface area (Å²) in [6, 6.07) is 0. The topological polar surface area (TPSA) is 34.1 Å². The van der Waals surface area contributed by atoms with Crippen LogP contribution in [0.15, 0.2) is 0 Å². The molecule has 0 aliphatic heterocycles. The van der Waals surface area contributed by atoms with E-state index in [0.29, 0.717) is 0 Å². The Bertz CT molecular complexity index is 235. The summed E-state index contributed by atoms with van der Waals surface area (Å²) < 4.78 is 69.1. The van der Waals surface area contributed by atoms with E-state index in [2.05, 4.69) is 0 Å². The van der Waals surface area contributed by atoms with Crippen LogP contribution in [0.1, 0.15) is 0 Å². The van der Waals surface area contributed by atoms with Gasteiger partial charge in [0, 0.05) is 0 Å². The zero-order chi connectivity index (χ0) is 10.9. The van der Waals surface area contributed by atoms with E-state index in [4.69, 9.17) is 0 Å². The molecule has 0 heterocycles. The van der Waals surface area contributed by atoms with Crippen molar-refractivity contribution < 1.29 is 35.9 Å². The number of alkyl halides is 6. The number of Topliss-reactive ketones (excluding diaryl/α,β-unsaturated/α-hetero) is 2. The van der Waals surface area contributed by atoms with E-state index in [9.17, 15) is 35.9 Å². The zero-order valence-electron chi connectivity index (χ0n) is 5.79. The standard InChI is InChI=1S/C5H2F6O2.Na.H/c6-1-4(7,8)2(12)3(13)5(9,10)11;;/h1H2;;. The van der Waals surface area contributed by atoms with Crippen molar-refractivity contribution in [1.29, 1.82) is 0 Å². The molecule has 0 aliphatic carbocycles. The second kappa shape index (κ2) is 5.13. The molecule has 2 nitrogen and oxygen atoms in total. The van der Waals surface area contributed by atoms with E-state index in [1.807, 2.05) is 0 Å². The van der Waals surface area contributed by atoms with Gasteiger partial charge >= 0.3 is 47.4 Å². The molecular weight excluding hydrogens is 229 g/mol. The fraction of sp³-hybridized carbons (Fsp3) is 0.600. The average Bonchev–Trinajstić information content (AvgIpc) is 2.00. The van der Waals surface area contributed by atoms with Gasteiger partial charge in [-0.15, -0.1) is 0 Å². The normalized spacial score (nSPS) is 11.9. The Hall–Kier alpha value is -0.0800. The molecule has 0 aromatic carbocycles. The summed E-state index contributed by atoms with van der Waals surface area (Å²) in [6.45, 7) is -2.63. The van der Waals surface area contributed by atoms with Gasteiger partial charge in [0.1, 0.15) is 0 Å². The summed E-state index contributed by atoms with van der Waals surface area (Å²) in [5.74, 6) is -11.2. The Kier molecular flexibility index (Phi) is 5.99. The van der Waals surface area contributed by atoms with Gasteiger partial charge in [0.05, 0.1) is 0 Å². The molecule has 0 saturated carbocycles. The van der Waals surface area contributed by atoms with Crippen molar-refractivity contribution in [3.8, 4) is 0 Å². The van der Waals surface area contributed by atoms with Crippen molar-refractivity contribution in [3.63, 3.8) is 0 Å². The molecule has 0 unspecified atom stereocenters. The molecule has 9 heteroatoms. The summed E-state index contributed by atoms with van der Waals surface area (Å²) in [4.78, 5) is 19.8. The minimum atomic E-state index is -5.70. The second-order valence-electron chi connectivity index (χ2n) is 1.99. The molecular formula is C5H3F6NaO2. The number of hydrogen-bond acceptors (Lipinski definition) is 2. The van der Waals surface area contributed by atoms with E-state index >= 15 is 0 Å². The van der Waals surface area contributed by atoms with Crippen molar-refractivity contribution in [1.82, 2.24) is 0 Å². The second-order valence-corrected chi connectivity index (χ2v) is 1.99. The summed E-state index contributed by atoms with van der Waals surface area (Å²) in [5, 5.41) is 0. The minimum absolute atomic E-state index is 0. The fourth-order valence-electron chi connectivity index (χ4n) is 0.356. The number of hydrogen-bond donors (Lipinski definition) is 0. The molecule has 0 N–H and O–H groups in total. The Labute approximate surface area is 95.9 Å². The molecule has 0 aromatic heterocycles. The van der Waals surface area contributed by atoms with E-state index < -0.39 is 30.3 Å². The predicted octanol–water partition coefficient (Wildman–Crippen LogP) is 0.643. The third-order valence-electron chi connectivity index (χ3n) is 0.964. The van der Waals surface area contributed by atoms with Gasteiger partial charge in [0.2, 0.25) is 0 Å². The van der Waals surface area contributed by atoms with Crippen LogP contribution in [0.2, 0.25) is 0 Å². The Balaban J connectivity index is 0. The maximum absolute atomic E-state index is 11.9. The molecule has 0 spiro atoms. The third-order valence-corrected chi connectivity index (χ3v) is 0.964. The number of ketones is 2. The first-order valence-electron chi connectivity index (χ1n) is 2.72. The molecule has 0 amide bonds. The van der Waals surface area contributed by atoms with Gasteiger partial charge in [-0.2, -0.15) is 22.0 Å². The molecule has 0 aromatic rings. The van der Waals surface area contributed by atoms with Crippen LogP contribution in [0.4, 0.5) is 26.3 Å². The first kappa shape index (κ1) is 16.4. The fourth-order valence-corrected chi connectivity index (χ4v) is 0.356. The van der Waals surface area contributed by atoms with Crippen molar-refractivity contribution in [2.75, 3.05) is 6.67 Å². The Morgan fingerprint density at radius 2 is 1.29 bits per heavy atom. The van der Waals surface area contributed by atoms with Gasteiger partial charge in [-0.1, -0.05) is 0 Å². The van der Waals surface area contributed by atoms with Crippen LogP contribution in [-0.4, -0.2) is 59.9 Å². The summed E-state index contributed by atoms with van der Waals surface area (Å²) in [6.07, 6.45) is -5.70. The summed E-state index contributed by atoms with van der Waals surface area (Å²) in [5.41, 5.74) is 0. The Morgan fingerprint density at radius 3 is 1.50 bits per heavy atom. The first-order chi connectivity index (χ1) is 5.63. The number of rotatable bonds is 3. The molecule has 78 valence electrons. The molecule has 0 fully saturated rings. The van der Waals surface area contributed by atoms with Crippen LogP contribution in [0, 0.1) is 0 Å². The van der Waals surface area contributed by atoms with Crippen LogP contribution < -0.4 is 0 Å². The van der Waals surface area contributed by atoms with Crippen molar-refractivity contribution in [3.05, 3.63) is 0 Å². The summed E-state index contributed by atoms with van der Waals surface area (Å²) >= 11 is 0. The van der Waals surface area contributed by atoms with Gasteiger partial charge in [-0.3, -0.25) is 9.59 Å². The molecule has 0 aliphatic rings. The van der Waals surface area contributed by atoms with Gasteiger partial charge in [0.25, 0.3) is 5.78 Å². The van der Waals surface area contributed by atoms with Crippen molar-refractivity contribution >= 4 is 41.1 Å². The van der Waals surface area contributed by atoms with E-state index in [0.717, 1.165) is 0 Å². The zero-order valence-corrected chi connectivity index (χ0v) is 5.79. The molecule has 0 saturated heterocycles. The number of halogens is 6. The average molecular weight is 232 g/mol. The van der Waals surface area contributed by atoms with Crippen LogP contribution in [0.5, 0.6) is 0 Å². The quantitative estimate of drug-likeness (QED) is 0.406. The molecule has 14 heavy (non-hydrogen) atoms. The van der Waals surface area contributed by atoms with E-state index in [1.54, 1.807) is 0 Å². The Morgan fingerprint density at radius 1 is 0.929 bits per heavy atom. The number of carbonyl (C=O) groups excluding carboxylic acids is 2. The van der Waals surface area contributed by atoms with Crippen LogP contribution in [0.25, 0.3) is 0 Å². The monoisotopic (exact) mass is 232 g/mol.